The number of nitrogens with zero attached hydrogens (tertiary/aromatic N) is 3. The van der Waals surface area contributed by atoms with Crippen molar-refractivity contribution in [2.45, 2.75) is 19.3 Å². The Labute approximate surface area is 142 Å². The van der Waals surface area contributed by atoms with Crippen LogP contribution in [0.25, 0.3) is 10.9 Å². The Morgan fingerprint density at radius 2 is 2.08 bits per heavy atom. The second-order valence-electron chi connectivity index (χ2n) is 6.11. The average molecular weight is 328 g/mol. The summed E-state index contributed by atoms with van der Waals surface area (Å²) < 4.78 is 5.00. The van der Waals surface area contributed by atoms with Gasteiger partial charge in [-0.1, -0.05) is 12.1 Å². The van der Waals surface area contributed by atoms with Crippen molar-refractivity contribution in [2.75, 3.05) is 38.3 Å². The summed E-state index contributed by atoms with van der Waals surface area (Å²) in [5.74, 6) is 1.23. The Balaban J connectivity index is 1.57. The fourth-order valence-corrected chi connectivity index (χ4v) is 3.17. The van der Waals surface area contributed by atoms with E-state index in [-0.39, 0.29) is 11.8 Å². The van der Waals surface area contributed by atoms with Gasteiger partial charge in [-0.3, -0.25) is 4.79 Å². The molecule has 0 atom stereocenters. The second-order valence-corrected chi connectivity index (χ2v) is 6.11. The number of piperidine rings is 1. The number of nitrogens with one attached hydrogen (secondary N) is 1. The largest absolute Gasteiger partial charge is 0.385 e. The van der Waals surface area contributed by atoms with E-state index in [9.17, 15) is 4.79 Å². The third-order valence-corrected chi connectivity index (χ3v) is 4.51. The first-order valence-corrected chi connectivity index (χ1v) is 8.51. The van der Waals surface area contributed by atoms with Crippen molar-refractivity contribution in [3.8, 4) is 0 Å². The fourth-order valence-electron chi connectivity index (χ4n) is 3.17. The fraction of sp³-hybridized carbons (Fsp3) is 0.500. The lowest BCUT2D eigenvalue weighted by Gasteiger charge is -2.32. The van der Waals surface area contributed by atoms with Gasteiger partial charge in [-0.15, -0.1) is 0 Å². The third kappa shape index (κ3) is 3.82. The van der Waals surface area contributed by atoms with E-state index < -0.39 is 0 Å². The lowest BCUT2D eigenvalue weighted by Crippen LogP contribution is -2.41. The average Bonchev–Trinajstić information content (AvgIpc) is 2.65. The van der Waals surface area contributed by atoms with E-state index in [2.05, 4.69) is 26.3 Å². The molecule has 1 amide bonds. The summed E-state index contributed by atoms with van der Waals surface area (Å²) in [5, 5.41) is 4.08. The van der Waals surface area contributed by atoms with Crippen LogP contribution < -0.4 is 10.2 Å². The zero-order valence-corrected chi connectivity index (χ0v) is 14.1. The van der Waals surface area contributed by atoms with Crippen LogP contribution in [0.1, 0.15) is 19.3 Å². The molecule has 0 aliphatic carbocycles. The van der Waals surface area contributed by atoms with Crippen molar-refractivity contribution in [1.29, 1.82) is 0 Å². The normalized spacial score (nSPS) is 15.6. The van der Waals surface area contributed by atoms with Crippen LogP contribution in [0.15, 0.2) is 30.6 Å². The van der Waals surface area contributed by atoms with Crippen LogP contribution in [-0.4, -0.2) is 49.2 Å². The summed E-state index contributed by atoms with van der Waals surface area (Å²) in [5.41, 5.74) is 0.959. The van der Waals surface area contributed by atoms with Crippen molar-refractivity contribution in [3.63, 3.8) is 0 Å². The van der Waals surface area contributed by atoms with Gasteiger partial charge in [0.1, 0.15) is 12.1 Å². The molecule has 0 bridgehead atoms. The van der Waals surface area contributed by atoms with Crippen molar-refractivity contribution < 1.29 is 9.53 Å². The zero-order chi connectivity index (χ0) is 16.8. The van der Waals surface area contributed by atoms with Crippen LogP contribution in [0.5, 0.6) is 0 Å². The molecule has 128 valence electrons. The molecule has 0 spiro atoms. The maximum atomic E-state index is 12.2. The summed E-state index contributed by atoms with van der Waals surface area (Å²) in [6.45, 7) is 3.05. The summed E-state index contributed by atoms with van der Waals surface area (Å²) in [6, 6.07) is 8.05. The molecule has 6 nitrogen and oxygen atoms in total. The van der Waals surface area contributed by atoms with Crippen LogP contribution in [-0.2, 0) is 9.53 Å². The van der Waals surface area contributed by atoms with Gasteiger partial charge in [-0.25, -0.2) is 9.97 Å². The minimum absolute atomic E-state index is 0.0943. The van der Waals surface area contributed by atoms with E-state index in [0.29, 0.717) is 13.2 Å². The Bertz CT molecular complexity index is 678. The maximum Gasteiger partial charge on any atom is 0.223 e. The van der Waals surface area contributed by atoms with Gasteiger partial charge in [0, 0.05) is 44.7 Å². The summed E-state index contributed by atoms with van der Waals surface area (Å²) in [4.78, 5) is 23.3. The number of aromatic nitrogens is 2. The molecule has 1 aromatic heterocycles. The standard InChI is InChI=1S/C18H24N4O2/c1-24-12-4-9-19-18(23)14-7-10-22(11-8-14)17-15-5-2-3-6-16(15)20-13-21-17/h2-3,5-6,13-14H,4,7-12H2,1H3,(H,19,23). The molecule has 6 heteroatoms. The summed E-state index contributed by atoms with van der Waals surface area (Å²) >= 11 is 0. The molecule has 1 aliphatic heterocycles. The smallest absolute Gasteiger partial charge is 0.223 e. The third-order valence-electron chi connectivity index (χ3n) is 4.51. The van der Waals surface area contributed by atoms with Gasteiger partial charge in [-0.2, -0.15) is 0 Å². The van der Waals surface area contributed by atoms with Crippen LogP contribution in [0.2, 0.25) is 0 Å². The Morgan fingerprint density at radius 1 is 1.29 bits per heavy atom. The monoisotopic (exact) mass is 328 g/mol. The number of carbonyl (C=O) groups is 1. The topological polar surface area (TPSA) is 67.3 Å². The number of hydrogen-bond acceptors (Lipinski definition) is 5. The molecule has 1 N–H and O–H groups in total. The SMILES string of the molecule is COCCCNC(=O)C1CCN(c2ncnc3ccccc23)CC1. The number of hydrogen-bond donors (Lipinski definition) is 1. The zero-order valence-electron chi connectivity index (χ0n) is 14.1. The molecule has 1 aromatic carbocycles. The molecule has 1 saturated heterocycles. The molecule has 0 radical (unpaired) electrons. The van der Waals surface area contributed by atoms with Gasteiger partial charge in [0.05, 0.1) is 5.52 Å². The number of carbonyl (C=O) groups excluding carboxylic acids is 1. The van der Waals surface area contributed by atoms with Crippen LogP contribution in [0, 0.1) is 5.92 Å². The number of fused-ring (bicyclic) bond motifs is 1. The number of rotatable bonds is 6. The second kappa shape index (κ2) is 8.06. The minimum atomic E-state index is 0.0943. The number of benzene rings is 1. The van der Waals surface area contributed by atoms with Gasteiger partial charge >= 0.3 is 0 Å². The van der Waals surface area contributed by atoms with E-state index in [1.54, 1.807) is 13.4 Å². The van der Waals surface area contributed by atoms with Crippen LogP contribution in [0.4, 0.5) is 5.82 Å². The van der Waals surface area contributed by atoms with Crippen LogP contribution in [0.3, 0.4) is 0 Å². The van der Waals surface area contributed by atoms with Crippen molar-refractivity contribution in [1.82, 2.24) is 15.3 Å². The van der Waals surface area contributed by atoms with Gasteiger partial charge in [0.25, 0.3) is 0 Å². The highest BCUT2D eigenvalue weighted by molar-refractivity contribution is 5.89. The van der Waals surface area contributed by atoms with E-state index in [0.717, 1.165) is 49.1 Å². The quantitative estimate of drug-likeness (QED) is 0.822. The molecule has 3 rings (SSSR count). The van der Waals surface area contributed by atoms with Crippen LogP contribution >= 0.6 is 0 Å². The van der Waals surface area contributed by atoms with E-state index in [4.69, 9.17) is 4.74 Å². The number of para-hydroxylation sites is 1. The van der Waals surface area contributed by atoms with E-state index >= 15 is 0 Å². The first kappa shape index (κ1) is 16.6. The van der Waals surface area contributed by atoms with E-state index in [1.165, 1.54) is 0 Å². The molecular formula is C18H24N4O2. The number of ether oxygens (including phenoxy) is 1. The van der Waals surface area contributed by atoms with Crippen molar-refractivity contribution >= 4 is 22.6 Å². The molecule has 0 unspecified atom stereocenters. The minimum Gasteiger partial charge on any atom is -0.385 e. The lowest BCUT2D eigenvalue weighted by molar-refractivity contribution is -0.125. The first-order valence-electron chi connectivity index (χ1n) is 8.51. The van der Waals surface area contributed by atoms with Gasteiger partial charge < -0.3 is 15.0 Å². The van der Waals surface area contributed by atoms with Crippen molar-refractivity contribution in [2.24, 2.45) is 5.92 Å². The Kier molecular flexibility index (Phi) is 5.59. The summed E-state index contributed by atoms with van der Waals surface area (Å²) in [6.07, 6.45) is 4.18. The molecule has 1 fully saturated rings. The number of amides is 1. The Hall–Kier alpha value is -2.21. The maximum absolute atomic E-state index is 12.2. The van der Waals surface area contributed by atoms with Gasteiger partial charge in [0.15, 0.2) is 0 Å². The predicted molar refractivity (Wildman–Crippen MR) is 94.0 cm³/mol. The first-order chi connectivity index (χ1) is 11.8. The lowest BCUT2D eigenvalue weighted by atomic mass is 9.95. The Morgan fingerprint density at radius 3 is 2.88 bits per heavy atom. The molecular weight excluding hydrogens is 304 g/mol. The highest BCUT2D eigenvalue weighted by Crippen LogP contribution is 2.27. The highest BCUT2D eigenvalue weighted by atomic mass is 16.5. The van der Waals surface area contributed by atoms with Gasteiger partial charge in [-0.05, 0) is 31.4 Å². The molecule has 1 aliphatic rings. The number of anilines is 1. The summed E-state index contributed by atoms with van der Waals surface area (Å²) in [7, 11) is 1.67. The highest BCUT2D eigenvalue weighted by Gasteiger charge is 2.26. The number of methoxy groups -OCH3 is 1. The predicted octanol–water partition coefficient (Wildman–Crippen LogP) is 2.00. The molecule has 0 saturated carbocycles. The molecule has 24 heavy (non-hydrogen) atoms. The molecule has 2 heterocycles. The van der Waals surface area contributed by atoms with Gasteiger partial charge in [0.2, 0.25) is 5.91 Å². The molecule has 2 aromatic rings. The van der Waals surface area contributed by atoms with E-state index in [1.807, 2.05) is 18.2 Å². The van der Waals surface area contributed by atoms with Crippen molar-refractivity contribution in [3.05, 3.63) is 30.6 Å².